The first kappa shape index (κ1) is 17.5. The zero-order valence-corrected chi connectivity index (χ0v) is 14.6. The molecule has 0 saturated heterocycles. The zero-order valence-electron chi connectivity index (χ0n) is 14.6. The van der Waals surface area contributed by atoms with Crippen LogP contribution in [0.4, 0.5) is 5.69 Å². The first-order valence-corrected chi connectivity index (χ1v) is 8.12. The fourth-order valence-corrected chi connectivity index (χ4v) is 2.61. The minimum absolute atomic E-state index is 0.195. The highest BCUT2D eigenvalue weighted by Crippen LogP contribution is 2.32. The van der Waals surface area contributed by atoms with Gasteiger partial charge < -0.3 is 19.5 Å². The fraction of sp³-hybridized carbons (Fsp3) is 0.200. The van der Waals surface area contributed by atoms with Crippen molar-refractivity contribution in [1.82, 2.24) is 0 Å². The third-order valence-electron chi connectivity index (χ3n) is 3.66. The van der Waals surface area contributed by atoms with Crippen LogP contribution in [0.25, 0.3) is 6.08 Å². The number of aryl methyl sites for hydroxylation is 2. The van der Waals surface area contributed by atoms with E-state index in [1.807, 2.05) is 32.0 Å². The van der Waals surface area contributed by atoms with Crippen LogP contribution in [-0.4, -0.2) is 25.3 Å². The van der Waals surface area contributed by atoms with Gasteiger partial charge >= 0.3 is 5.97 Å². The third-order valence-corrected chi connectivity index (χ3v) is 3.66. The lowest BCUT2D eigenvalue weighted by Crippen LogP contribution is -2.20. The second-order valence-electron chi connectivity index (χ2n) is 5.98. The van der Waals surface area contributed by atoms with E-state index in [1.54, 1.807) is 24.3 Å². The predicted octanol–water partition coefficient (Wildman–Crippen LogP) is 3.23. The molecule has 0 aromatic heterocycles. The van der Waals surface area contributed by atoms with Crippen molar-refractivity contribution in [2.24, 2.45) is 0 Å². The highest BCUT2D eigenvalue weighted by atomic mass is 16.7. The second-order valence-corrected chi connectivity index (χ2v) is 5.98. The van der Waals surface area contributed by atoms with Gasteiger partial charge in [0.2, 0.25) is 6.79 Å². The first-order chi connectivity index (χ1) is 12.5. The van der Waals surface area contributed by atoms with Gasteiger partial charge in [0.15, 0.2) is 18.1 Å². The van der Waals surface area contributed by atoms with Gasteiger partial charge in [-0.15, -0.1) is 0 Å². The quantitative estimate of drug-likeness (QED) is 0.660. The van der Waals surface area contributed by atoms with Crippen LogP contribution in [0.2, 0.25) is 0 Å². The molecule has 2 aromatic rings. The van der Waals surface area contributed by atoms with Crippen LogP contribution in [0.1, 0.15) is 16.7 Å². The molecule has 6 heteroatoms. The molecule has 1 aliphatic heterocycles. The number of esters is 1. The van der Waals surface area contributed by atoms with Crippen molar-refractivity contribution in [2.45, 2.75) is 13.8 Å². The first-order valence-electron chi connectivity index (χ1n) is 8.12. The summed E-state index contributed by atoms with van der Waals surface area (Å²) in [6.07, 6.45) is 2.85. The summed E-state index contributed by atoms with van der Waals surface area (Å²) in [4.78, 5) is 23.7. The number of amides is 1. The summed E-state index contributed by atoms with van der Waals surface area (Å²) in [7, 11) is 0. The Morgan fingerprint density at radius 3 is 2.58 bits per heavy atom. The number of ether oxygens (including phenoxy) is 3. The van der Waals surface area contributed by atoms with E-state index in [2.05, 4.69) is 5.32 Å². The minimum Gasteiger partial charge on any atom is -0.454 e. The molecule has 2 aromatic carbocycles. The third kappa shape index (κ3) is 4.63. The topological polar surface area (TPSA) is 73.9 Å². The number of rotatable bonds is 5. The second kappa shape index (κ2) is 7.74. The van der Waals surface area contributed by atoms with Crippen molar-refractivity contribution in [1.29, 1.82) is 0 Å². The van der Waals surface area contributed by atoms with Crippen LogP contribution < -0.4 is 14.8 Å². The number of anilines is 1. The smallest absolute Gasteiger partial charge is 0.331 e. The molecule has 3 rings (SSSR count). The molecule has 0 radical (unpaired) electrons. The molecular formula is C20H19NO5. The van der Waals surface area contributed by atoms with E-state index >= 15 is 0 Å². The summed E-state index contributed by atoms with van der Waals surface area (Å²) < 4.78 is 15.5. The molecule has 0 unspecified atom stereocenters. The molecule has 0 bridgehead atoms. The Labute approximate surface area is 151 Å². The van der Waals surface area contributed by atoms with Crippen molar-refractivity contribution in [3.63, 3.8) is 0 Å². The summed E-state index contributed by atoms with van der Waals surface area (Å²) in [6, 6.07) is 11.0. The molecular weight excluding hydrogens is 334 g/mol. The molecule has 1 N–H and O–H groups in total. The van der Waals surface area contributed by atoms with Gasteiger partial charge in [-0.2, -0.15) is 0 Å². The molecule has 0 spiro atoms. The molecule has 0 saturated carbocycles. The highest BCUT2D eigenvalue weighted by Gasteiger charge is 2.12. The lowest BCUT2D eigenvalue weighted by Gasteiger charge is -2.07. The maximum atomic E-state index is 11.9. The van der Waals surface area contributed by atoms with Gasteiger partial charge in [-0.1, -0.05) is 12.1 Å². The summed E-state index contributed by atoms with van der Waals surface area (Å²) in [5, 5.41) is 2.71. The van der Waals surface area contributed by atoms with Gasteiger partial charge in [0.05, 0.1) is 0 Å². The normalized spacial score (nSPS) is 12.2. The number of carbonyl (C=O) groups excluding carboxylic acids is 2. The van der Waals surface area contributed by atoms with Gasteiger partial charge in [-0.3, -0.25) is 4.79 Å². The number of carbonyl (C=O) groups is 2. The van der Waals surface area contributed by atoms with Gasteiger partial charge in [0, 0.05) is 11.8 Å². The van der Waals surface area contributed by atoms with Crippen molar-refractivity contribution < 1.29 is 23.8 Å². The lowest BCUT2D eigenvalue weighted by molar-refractivity contribution is -0.142. The van der Waals surface area contributed by atoms with Crippen molar-refractivity contribution in [2.75, 3.05) is 18.7 Å². The molecule has 1 amide bonds. The summed E-state index contributed by atoms with van der Waals surface area (Å²) in [5.74, 6) is 0.319. The molecule has 26 heavy (non-hydrogen) atoms. The van der Waals surface area contributed by atoms with Crippen LogP contribution in [-0.2, 0) is 14.3 Å². The van der Waals surface area contributed by atoms with Gasteiger partial charge in [-0.25, -0.2) is 4.79 Å². The molecule has 0 aliphatic carbocycles. The molecule has 0 fully saturated rings. The molecule has 0 atom stereocenters. The maximum Gasteiger partial charge on any atom is 0.331 e. The van der Waals surface area contributed by atoms with Crippen molar-refractivity contribution >= 4 is 23.6 Å². The Morgan fingerprint density at radius 1 is 1.08 bits per heavy atom. The Hall–Kier alpha value is -3.28. The predicted molar refractivity (Wildman–Crippen MR) is 97.1 cm³/mol. The molecule has 6 nitrogen and oxygen atoms in total. The van der Waals surface area contributed by atoms with E-state index in [9.17, 15) is 9.59 Å². The van der Waals surface area contributed by atoms with E-state index in [0.717, 1.165) is 16.7 Å². The maximum absolute atomic E-state index is 11.9. The summed E-state index contributed by atoms with van der Waals surface area (Å²) in [5.41, 5.74) is 3.54. The number of fused-ring (bicyclic) bond motifs is 1. The van der Waals surface area contributed by atoms with E-state index in [1.165, 1.54) is 6.08 Å². The Bertz CT molecular complexity index is 852. The fourth-order valence-electron chi connectivity index (χ4n) is 2.61. The largest absolute Gasteiger partial charge is 0.454 e. The average Bonchev–Trinajstić information content (AvgIpc) is 3.05. The van der Waals surface area contributed by atoms with Crippen LogP contribution >= 0.6 is 0 Å². The molecule has 134 valence electrons. The van der Waals surface area contributed by atoms with Crippen LogP contribution in [0.3, 0.4) is 0 Å². The monoisotopic (exact) mass is 353 g/mol. The van der Waals surface area contributed by atoms with Gasteiger partial charge in [0.1, 0.15) is 0 Å². The van der Waals surface area contributed by atoms with E-state index < -0.39 is 5.97 Å². The van der Waals surface area contributed by atoms with Crippen molar-refractivity contribution in [3.8, 4) is 11.5 Å². The zero-order chi connectivity index (χ0) is 18.5. The standard InChI is InChI=1S/C20H19NO5/c1-13-7-14(2)9-16(8-13)21-19(22)11-24-20(23)6-4-15-3-5-17-18(10-15)26-12-25-17/h3-10H,11-12H2,1-2H3,(H,21,22). The van der Waals surface area contributed by atoms with E-state index in [4.69, 9.17) is 14.2 Å². The Kier molecular flexibility index (Phi) is 5.22. The SMILES string of the molecule is Cc1cc(C)cc(NC(=O)COC(=O)C=Cc2ccc3c(c2)OCO3)c1. The Balaban J connectivity index is 1.49. The summed E-state index contributed by atoms with van der Waals surface area (Å²) >= 11 is 0. The van der Waals surface area contributed by atoms with Crippen LogP contribution in [0.5, 0.6) is 11.5 Å². The number of hydrogen-bond donors (Lipinski definition) is 1. The minimum atomic E-state index is -0.599. The number of benzene rings is 2. The van der Waals surface area contributed by atoms with E-state index in [0.29, 0.717) is 17.2 Å². The van der Waals surface area contributed by atoms with Crippen molar-refractivity contribution in [3.05, 3.63) is 59.2 Å². The number of hydrogen-bond acceptors (Lipinski definition) is 5. The van der Waals surface area contributed by atoms with E-state index in [-0.39, 0.29) is 19.3 Å². The molecule has 1 aliphatic rings. The average molecular weight is 353 g/mol. The van der Waals surface area contributed by atoms with Gasteiger partial charge in [0.25, 0.3) is 5.91 Å². The number of nitrogens with one attached hydrogen (secondary N) is 1. The molecule has 1 heterocycles. The van der Waals surface area contributed by atoms with Crippen LogP contribution in [0, 0.1) is 13.8 Å². The Morgan fingerprint density at radius 2 is 1.81 bits per heavy atom. The highest BCUT2D eigenvalue weighted by molar-refractivity contribution is 5.94. The van der Waals surface area contributed by atoms with Gasteiger partial charge in [-0.05, 0) is 60.9 Å². The summed E-state index contributed by atoms with van der Waals surface area (Å²) in [6.45, 7) is 3.74. The van der Waals surface area contributed by atoms with Crippen LogP contribution in [0.15, 0.2) is 42.5 Å². The lowest BCUT2D eigenvalue weighted by atomic mass is 10.1.